The zero-order chi connectivity index (χ0) is 27.0. The number of anilines is 1. The third-order valence-corrected chi connectivity index (χ3v) is 8.02. The molecule has 0 fully saturated rings. The number of carbonyl (C=O) groups excluding carboxylic acids is 1. The average Bonchev–Trinajstić information content (AvgIpc) is 2.94. The van der Waals surface area contributed by atoms with Crippen LogP contribution >= 0.6 is 0 Å². The summed E-state index contributed by atoms with van der Waals surface area (Å²) in [4.78, 5) is 13.4. The molecule has 0 heterocycles. The van der Waals surface area contributed by atoms with Crippen LogP contribution in [0.1, 0.15) is 33.5 Å². The lowest BCUT2D eigenvalue weighted by atomic mass is 10.1. The molecule has 0 atom stereocenters. The van der Waals surface area contributed by atoms with Crippen molar-refractivity contribution in [1.82, 2.24) is 5.32 Å². The molecule has 4 aromatic rings. The number of carbonyl (C=O) groups is 1. The van der Waals surface area contributed by atoms with Gasteiger partial charge in [0.15, 0.2) is 0 Å². The topological polar surface area (TPSA) is 75.7 Å². The Hall–Kier alpha value is -4.10. The molecule has 0 aliphatic rings. The molecular weight excluding hydrogens is 496 g/mol. The Bertz CT molecular complexity index is 1470. The van der Waals surface area contributed by atoms with Gasteiger partial charge in [0.25, 0.3) is 15.9 Å². The van der Waals surface area contributed by atoms with Gasteiger partial charge >= 0.3 is 0 Å². The lowest BCUT2D eigenvalue weighted by Gasteiger charge is -2.26. The maximum absolute atomic E-state index is 13.9. The van der Waals surface area contributed by atoms with Crippen LogP contribution < -0.4 is 14.4 Å². The molecule has 0 saturated heterocycles. The summed E-state index contributed by atoms with van der Waals surface area (Å²) in [6.07, 6.45) is 1.62. The number of rotatable bonds is 11. The Labute approximate surface area is 225 Å². The number of nitrogens with one attached hydrogen (secondary N) is 1. The van der Waals surface area contributed by atoms with E-state index >= 15 is 0 Å². The Balaban J connectivity index is 1.60. The van der Waals surface area contributed by atoms with E-state index in [9.17, 15) is 13.2 Å². The largest absolute Gasteiger partial charge is 0.497 e. The molecule has 7 heteroatoms. The van der Waals surface area contributed by atoms with Crippen LogP contribution in [0, 0.1) is 6.92 Å². The van der Waals surface area contributed by atoms with Crippen LogP contribution in [0.2, 0.25) is 0 Å². The van der Waals surface area contributed by atoms with Gasteiger partial charge in [-0.15, -0.1) is 0 Å². The van der Waals surface area contributed by atoms with Gasteiger partial charge in [0.1, 0.15) is 5.75 Å². The predicted molar refractivity (Wildman–Crippen MR) is 151 cm³/mol. The van der Waals surface area contributed by atoms with Gasteiger partial charge in [0.05, 0.1) is 29.8 Å². The minimum absolute atomic E-state index is 0.0762. The second kappa shape index (κ2) is 12.4. The Morgan fingerprint density at radius 2 is 1.53 bits per heavy atom. The number of hydrogen-bond donors (Lipinski definition) is 1. The molecule has 6 nitrogen and oxygen atoms in total. The van der Waals surface area contributed by atoms with E-state index in [0.29, 0.717) is 23.5 Å². The fourth-order valence-corrected chi connectivity index (χ4v) is 5.74. The summed E-state index contributed by atoms with van der Waals surface area (Å²) < 4.78 is 34.3. The fraction of sp³-hybridized carbons (Fsp3) is 0.194. The number of aryl methyl sites for hydroxylation is 2. The van der Waals surface area contributed by atoms with Crippen molar-refractivity contribution in [2.45, 2.75) is 31.2 Å². The molecule has 0 radical (unpaired) electrons. The van der Waals surface area contributed by atoms with Crippen molar-refractivity contribution in [3.05, 3.63) is 125 Å². The number of benzene rings is 4. The number of methoxy groups -OCH3 is 1. The third-order valence-electron chi connectivity index (χ3n) is 6.24. The molecule has 38 heavy (non-hydrogen) atoms. The van der Waals surface area contributed by atoms with Crippen molar-refractivity contribution in [2.24, 2.45) is 0 Å². The molecular formula is C31H32N2O4S. The number of amides is 1. The molecule has 0 unspecified atom stereocenters. The lowest BCUT2D eigenvalue weighted by molar-refractivity contribution is 0.0954. The van der Waals surface area contributed by atoms with Crippen LogP contribution in [0.4, 0.5) is 5.69 Å². The number of sulfonamides is 1. The zero-order valence-corrected chi connectivity index (χ0v) is 22.4. The van der Waals surface area contributed by atoms with Gasteiger partial charge < -0.3 is 10.1 Å². The first-order chi connectivity index (χ1) is 18.4. The molecule has 4 rings (SSSR count). The van der Waals surface area contributed by atoms with Crippen molar-refractivity contribution in [3.8, 4) is 5.75 Å². The fourth-order valence-electron chi connectivity index (χ4n) is 4.26. The van der Waals surface area contributed by atoms with E-state index in [1.807, 2.05) is 36.4 Å². The third kappa shape index (κ3) is 6.61. The molecule has 0 aliphatic heterocycles. The van der Waals surface area contributed by atoms with Crippen LogP contribution in [0.15, 0.2) is 108 Å². The first-order valence-electron chi connectivity index (χ1n) is 12.5. The molecule has 0 aromatic heterocycles. The summed E-state index contributed by atoms with van der Waals surface area (Å²) in [5.74, 6) is 0.247. The van der Waals surface area contributed by atoms with Crippen molar-refractivity contribution < 1.29 is 17.9 Å². The van der Waals surface area contributed by atoms with E-state index in [2.05, 4.69) is 30.4 Å². The Morgan fingerprint density at radius 1 is 0.842 bits per heavy atom. The first-order valence-corrected chi connectivity index (χ1v) is 14.0. The molecule has 0 aliphatic carbocycles. The predicted octanol–water partition coefficient (Wildman–Crippen LogP) is 5.76. The van der Waals surface area contributed by atoms with Crippen molar-refractivity contribution in [3.63, 3.8) is 0 Å². The van der Waals surface area contributed by atoms with Gasteiger partial charge in [-0.3, -0.25) is 9.10 Å². The highest BCUT2D eigenvalue weighted by molar-refractivity contribution is 7.92. The van der Waals surface area contributed by atoms with E-state index in [0.717, 1.165) is 18.4 Å². The van der Waals surface area contributed by atoms with Gasteiger partial charge in [-0.2, -0.15) is 0 Å². The highest BCUT2D eigenvalue weighted by atomic mass is 32.2. The smallest absolute Gasteiger partial charge is 0.264 e. The zero-order valence-electron chi connectivity index (χ0n) is 21.6. The SMILES string of the molecule is COc1ccc(S(=O)(=O)N(Cc2ccccc2)c2ccccc2C(=O)NCCCc2cccc(C)c2)cc1. The molecule has 0 spiro atoms. The van der Waals surface area contributed by atoms with E-state index in [1.54, 1.807) is 36.4 Å². The van der Waals surface area contributed by atoms with Gasteiger partial charge in [-0.25, -0.2) is 8.42 Å². The minimum atomic E-state index is -4.00. The second-order valence-electron chi connectivity index (χ2n) is 9.04. The van der Waals surface area contributed by atoms with E-state index < -0.39 is 10.0 Å². The Morgan fingerprint density at radius 3 is 2.24 bits per heavy atom. The highest BCUT2D eigenvalue weighted by Crippen LogP contribution is 2.30. The van der Waals surface area contributed by atoms with Crippen molar-refractivity contribution >= 4 is 21.6 Å². The molecule has 1 N–H and O–H groups in total. The van der Waals surface area contributed by atoms with E-state index in [4.69, 9.17) is 4.74 Å². The average molecular weight is 529 g/mol. The summed E-state index contributed by atoms with van der Waals surface area (Å²) in [6, 6.07) is 30.7. The maximum atomic E-state index is 13.9. The number of nitrogens with zero attached hydrogens (tertiary/aromatic N) is 1. The number of hydrogen-bond acceptors (Lipinski definition) is 4. The molecule has 1 amide bonds. The quantitative estimate of drug-likeness (QED) is 0.251. The van der Waals surface area contributed by atoms with Crippen LogP contribution in [0.3, 0.4) is 0 Å². The minimum Gasteiger partial charge on any atom is -0.497 e. The molecule has 4 aromatic carbocycles. The van der Waals surface area contributed by atoms with Crippen LogP contribution in [-0.2, 0) is 23.0 Å². The molecule has 0 saturated carbocycles. The summed E-state index contributed by atoms with van der Waals surface area (Å²) in [5.41, 5.74) is 3.86. The van der Waals surface area contributed by atoms with Gasteiger partial charge in [-0.1, -0.05) is 72.3 Å². The monoisotopic (exact) mass is 528 g/mol. The van der Waals surface area contributed by atoms with Crippen LogP contribution in [0.5, 0.6) is 5.75 Å². The second-order valence-corrected chi connectivity index (χ2v) is 10.9. The van der Waals surface area contributed by atoms with E-state index in [1.165, 1.54) is 34.7 Å². The highest BCUT2D eigenvalue weighted by Gasteiger charge is 2.28. The van der Waals surface area contributed by atoms with Crippen LogP contribution in [-0.4, -0.2) is 28.0 Å². The van der Waals surface area contributed by atoms with Gasteiger partial charge in [0, 0.05) is 6.54 Å². The standard InChI is InChI=1S/C31H32N2O4S/c1-24-10-8-13-25(22-24)14-9-21-32-31(34)29-15-6-7-16-30(29)33(23-26-11-4-3-5-12-26)38(35,36)28-19-17-27(37-2)18-20-28/h3-8,10-13,15-20,22H,9,14,21,23H2,1-2H3,(H,32,34). The lowest BCUT2D eigenvalue weighted by Crippen LogP contribution is -2.33. The van der Waals surface area contributed by atoms with E-state index in [-0.39, 0.29) is 17.3 Å². The normalized spacial score (nSPS) is 11.1. The summed E-state index contributed by atoms with van der Waals surface area (Å²) in [7, 11) is -2.47. The number of ether oxygens (including phenoxy) is 1. The first kappa shape index (κ1) is 26.9. The summed E-state index contributed by atoms with van der Waals surface area (Å²) >= 11 is 0. The number of para-hydroxylation sites is 1. The van der Waals surface area contributed by atoms with Gasteiger partial charge in [-0.05, 0) is 67.3 Å². The Kier molecular flexibility index (Phi) is 8.81. The summed E-state index contributed by atoms with van der Waals surface area (Å²) in [6.45, 7) is 2.61. The molecule has 196 valence electrons. The summed E-state index contributed by atoms with van der Waals surface area (Å²) in [5, 5.41) is 2.97. The van der Waals surface area contributed by atoms with Crippen LogP contribution in [0.25, 0.3) is 0 Å². The maximum Gasteiger partial charge on any atom is 0.264 e. The van der Waals surface area contributed by atoms with Crippen molar-refractivity contribution in [2.75, 3.05) is 18.0 Å². The van der Waals surface area contributed by atoms with Gasteiger partial charge in [0.2, 0.25) is 0 Å². The molecule has 0 bridgehead atoms. The van der Waals surface area contributed by atoms with Crippen molar-refractivity contribution in [1.29, 1.82) is 0 Å².